The van der Waals surface area contributed by atoms with E-state index in [0.29, 0.717) is 6.61 Å². The van der Waals surface area contributed by atoms with E-state index in [2.05, 4.69) is 157 Å². The monoisotopic (exact) mass is 918 g/mol. The van der Waals surface area contributed by atoms with Crippen LogP contribution in [0.1, 0.15) is 0 Å². The van der Waals surface area contributed by atoms with Crippen LogP contribution in [0, 0.1) is 0 Å². The Balaban J connectivity index is 3.96. The van der Waals surface area contributed by atoms with Crippen molar-refractivity contribution in [3.63, 3.8) is 0 Å². The smallest absolute Gasteiger partial charge is 0.187 e. The van der Waals surface area contributed by atoms with Crippen LogP contribution in [0.15, 0.2) is 0 Å². The van der Waals surface area contributed by atoms with Gasteiger partial charge in [0.2, 0.25) is 0 Å². The second-order valence-corrected chi connectivity index (χ2v) is 58.7. The minimum absolute atomic E-state index is 0.0399. The first kappa shape index (κ1) is 54.0. The molecule has 0 aromatic rings. The zero-order valence-electron chi connectivity index (χ0n) is 39.7. The van der Waals surface area contributed by atoms with Gasteiger partial charge in [-0.1, -0.05) is 0 Å². The average molecular weight is 920 g/mol. The summed E-state index contributed by atoms with van der Waals surface area (Å²) in [6.07, 6.45) is -4.99. The highest BCUT2D eigenvalue weighted by Gasteiger charge is 2.53. The average Bonchev–Trinajstić information content (AvgIpc) is 2.88. The van der Waals surface area contributed by atoms with E-state index < -0.39 is 116 Å². The molecule has 19 heteroatoms. The predicted octanol–water partition coefficient (Wildman–Crippen LogP) is 9.32. The number of carbonyl (C=O) groups is 1. The standard InChI is InChI=1S/C36H86O11Si8/c1-48(2,3)39-25-28(37)31(43-51(10,11)12)33(45-53(16,17)18)30(42-50(7,8)9)26-38-36-35(47-55(22,23)24)34(46-54(19,20)21)32(44-52(13,14)15)29(41-36)27-40-49(4,5)6/h29-36H,25-27H2,1-24H3/t29-,30?,31?,32-,33?,34+,35-,36+/m1/s1. The van der Waals surface area contributed by atoms with Crippen molar-refractivity contribution in [3.05, 3.63) is 0 Å². The zero-order chi connectivity index (χ0) is 43.4. The molecule has 8 atom stereocenters. The molecule has 0 aromatic carbocycles. The molecule has 1 fully saturated rings. The quantitative estimate of drug-likeness (QED) is 0.0865. The van der Waals surface area contributed by atoms with E-state index in [1.807, 2.05) is 0 Å². The molecule has 1 heterocycles. The Bertz CT molecular complexity index is 1170. The molecule has 0 saturated carbocycles. The van der Waals surface area contributed by atoms with Crippen LogP contribution in [-0.4, -0.2) is 141 Å². The molecule has 1 aliphatic heterocycles. The lowest BCUT2D eigenvalue weighted by Crippen LogP contribution is -2.67. The maximum atomic E-state index is 14.3. The van der Waals surface area contributed by atoms with E-state index in [0.717, 1.165) is 0 Å². The number of carbonyl (C=O) groups excluding carboxylic acids is 1. The van der Waals surface area contributed by atoms with Gasteiger partial charge in [-0.05, 0) is 157 Å². The molecular weight excluding hydrogens is 833 g/mol. The first-order valence-electron chi connectivity index (χ1n) is 20.3. The lowest BCUT2D eigenvalue weighted by molar-refractivity contribution is -0.295. The summed E-state index contributed by atoms with van der Waals surface area (Å²) in [4.78, 5) is 14.3. The molecule has 11 nitrogen and oxygen atoms in total. The fraction of sp³-hybridized carbons (Fsp3) is 0.972. The molecule has 0 bridgehead atoms. The van der Waals surface area contributed by atoms with Gasteiger partial charge in [-0.15, -0.1) is 0 Å². The van der Waals surface area contributed by atoms with Gasteiger partial charge in [0.05, 0.1) is 25.9 Å². The van der Waals surface area contributed by atoms with Gasteiger partial charge in [0.25, 0.3) is 0 Å². The molecule has 0 spiro atoms. The van der Waals surface area contributed by atoms with Crippen LogP contribution in [0.3, 0.4) is 0 Å². The molecule has 0 aromatic heterocycles. The van der Waals surface area contributed by atoms with Gasteiger partial charge in [-0.3, -0.25) is 4.79 Å². The molecule has 0 radical (unpaired) electrons. The molecular formula is C36H86O11Si8. The van der Waals surface area contributed by atoms with Gasteiger partial charge < -0.3 is 44.9 Å². The summed E-state index contributed by atoms with van der Waals surface area (Å²) in [5, 5.41) is 0. The molecule has 1 saturated heterocycles. The minimum atomic E-state index is -2.29. The van der Waals surface area contributed by atoms with Gasteiger partial charge in [0.15, 0.2) is 78.6 Å². The molecule has 328 valence electrons. The van der Waals surface area contributed by atoms with Gasteiger partial charge in [0.1, 0.15) is 36.6 Å². The summed E-state index contributed by atoms with van der Waals surface area (Å²) in [5.74, 6) is -0.135. The topological polar surface area (TPSA) is 109 Å². The fourth-order valence-corrected chi connectivity index (χ4v) is 13.5. The van der Waals surface area contributed by atoms with Crippen molar-refractivity contribution in [1.29, 1.82) is 0 Å². The second-order valence-electron chi connectivity index (χ2n) is 22.9. The van der Waals surface area contributed by atoms with E-state index in [9.17, 15) is 4.79 Å². The van der Waals surface area contributed by atoms with Crippen molar-refractivity contribution in [1.82, 2.24) is 0 Å². The maximum absolute atomic E-state index is 14.3. The highest BCUT2D eigenvalue weighted by Crippen LogP contribution is 2.35. The van der Waals surface area contributed by atoms with Crippen molar-refractivity contribution in [3.8, 4) is 0 Å². The first-order chi connectivity index (χ1) is 24.1. The van der Waals surface area contributed by atoms with Crippen LogP contribution < -0.4 is 0 Å². The third-order valence-electron chi connectivity index (χ3n) is 7.27. The molecule has 0 N–H and O–H groups in total. The normalized spacial score (nSPS) is 24.5. The summed E-state index contributed by atoms with van der Waals surface area (Å²) in [6, 6.07) is 0. The first-order valence-corrected chi connectivity index (χ1v) is 47.5. The molecule has 0 amide bonds. The Morgan fingerprint density at radius 1 is 0.491 bits per heavy atom. The fourth-order valence-electron chi connectivity index (χ4n) is 5.75. The summed E-state index contributed by atoms with van der Waals surface area (Å²) in [5.41, 5.74) is 0. The second kappa shape index (κ2) is 20.3. The largest absolute Gasteiger partial charge is 0.415 e. The van der Waals surface area contributed by atoms with Crippen LogP contribution in [0.2, 0.25) is 157 Å². The molecule has 1 rings (SSSR count). The predicted molar refractivity (Wildman–Crippen MR) is 248 cm³/mol. The minimum Gasteiger partial charge on any atom is -0.415 e. The SMILES string of the molecule is C[Si](C)(C)OCC(=O)C(O[Si](C)(C)C)C(O[Si](C)(C)C)C(CO[C@H]1O[C@H](CO[Si](C)(C)C)[C@@H](O[Si](C)(C)C)[C@H](O[Si](C)(C)C)[C@H]1O[Si](C)(C)C)O[Si](C)(C)C. The van der Waals surface area contributed by atoms with E-state index in [-0.39, 0.29) is 19.0 Å². The Hall–Kier alpha value is 1.01. The highest BCUT2D eigenvalue weighted by atomic mass is 28.4. The Morgan fingerprint density at radius 2 is 0.909 bits per heavy atom. The third kappa shape index (κ3) is 24.1. The Labute approximate surface area is 346 Å². The molecule has 1 aliphatic rings. The van der Waals surface area contributed by atoms with Crippen molar-refractivity contribution in [2.45, 2.75) is 206 Å². The molecule has 3 unspecified atom stereocenters. The lowest BCUT2D eigenvalue weighted by atomic mass is 9.99. The summed E-state index contributed by atoms with van der Waals surface area (Å²) in [6.45, 7) is 52.0. The summed E-state index contributed by atoms with van der Waals surface area (Å²) < 4.78 is 68.5. The zero-order valence-corrected chi connectivity index (χ0v) is 47.7. The number of rotatable bonds is 24. The summed E-state index contributed by atoms with van der Waals surface area (Å²) >= 11 is 0. The lowest BCUT2D eigenvalue weighted by Gasteiger charge is -2.51. The van der Waals surface area contributed by atoms with Gasteiger partial charge in [-0.2, -0.15) is 0 Å². The number of ether oxygens (including phenoxy) is 2. The third-order valence-corrected chi connectivity index (χ3v) is 15.2. The van der Waals surface area contributed by atoms with Crippen molar-refractivity contribution >= 4 is 72.3 Å². The molecule has 0 aliphatic carbocycles. The van der Waals surface area contributed by atoms with E-state index in [1.165, 1.54) is 0 Å². The van der Waals surface area contributed by atoms with Gasteiger partial charge in [0, 0.05) is 0 Å². The van der Waals surface area contributed by atoms with E-state index in [1.54, 1.807) is 0 Å². The van der Waals surface area contributed by atoms with Gasteiger partial charge in [-0.25, -0.2) is 0 Å². The van der Waals surface area contributed by atoms with Crippen LogP contribution >= 0.6 is 0 Å². The number of ketones is 1. The van der Waals surface area contributed by atoms with Crippen LogP contribution in [0.5, 0.6) is 0 Å². The van der Waals surface area contributed by atoms with Gasteiger partial charge >= 0.3 is 0 Å². The maximum Gasteiger partial charge on any atom is 0.187 e. The number of hydrogen-bond acceptors (Lipinski definition) is 11. The number of Topliss-reactive ketones (excluding diaryl/α,β-unsaturated/α-hetero) is 1. The van der Waals surface area contributed by atoms with Crippen molar-refractivity contribution in [2.75, 3.05) is 19.8 Å². The Kier molecular flexibility index (Phi) is 19.9. The highest BCUT2D eigenvalue weighted by molar-refractivity contribution is 6.72. The summed E-state index contributed by atoms with van der Waals surface area (Å²) in [7, 11) is -17.2. The van der Waals surface area contributed by atoms with E-state index >= 15 is 0 Å². The van der Waals surface area contributed by atoms with E-state index in [4.69, 9.17) is 44.9 Å². The van der Waals surface area contributed by atoms with Crippen LogP contribution in [0.25, 0.3) is 0 Å². The van der Waals surface area contributed by atoms with Crippen LogP contribution in [0.4, 0.5) is 0 Å². The molecule has 55 heavy (non-hydrogen) atoms. The Morgan fingerprint density at radius 3 is 1.31 bits per heavy atom. The van der Waals surface area contributed by atoms with Crippen LogP contribution in [-0.2, 0) is 49.7 Å². The number of hydrogen-bond donors (Lipinski definition) is 0. The van der Waals surface area contributed by atoms with Crippen molar-refractivity contribution in [2.24, 2.45) is 0 Å². The van der Waals surface area contributed by atoms with Crippen molar-refractivity contribution < 1.29 is 49.7 Å².